The molecule has 2 fully saturated rings. The van der Waals surface area contributed by atoms with Crippen molar-refractivity contribution in [3.05, 3.63) is 48.0 Å². The Labute approximate surface area is 171 Å². The molecule has 1 amide bonds. The zero-order valence-corrected chi connectivity index (χ0v) is 16.7. The zero-order chi connectivity index (χ0) is 19.6. The Morgan fingerprint density at radius 2 is 1.86 bits per heavy atom. The van der Waals surface area contributed by atoms with E-state index in [1.165, 1.54) is 16.3 Å². The van der Waals surface area contributed by atoms with Crippen molar-refractivity contribution in [1.82, 2.24) is 10.2 Å². The summed E-state index contributed by atoms with van der Waals surface area (Å²) < 4.78 is 11.5. The molecule has 29 heavy (non-hydrogen) atoms. The zero-order valence-electron chi connectivity index (χ0n) is 16.7. The predicted molar refractivity (Wildman–Crippen MR) is 114 cm³/mol. The Morgan fingerprint density at radius 3 is 2.69 bits per heavy atom. The van der Waals surface area contributed by atoms with Crippen LogP contribution in [-0.2, 0) is 16.1 Å². The molecule has 2 aliphatic rings. The smallest absolute Gasteiger partial charge is 0.225 e. The molecule has 152 valence electrons. The molecule has 2 aliphatic heterocycles. The normalized spacial score (nSPS) is 21.2. The van der Waals surface area contributed by atoms with Gasteiger partial charge in [-0.3, -0.25) is 9.69 Å². The summed E-state index contributed by atoms with van der Waals surface area (Å²) in [6, 6.07) is 14.7. The topological polar surface area (TPSA) is 54.7 Å². The van der Waals surface area contributed by atoms with Crippen LogP contribution in [0.4, 0.5) is 0 Å². The molecular weight excluding hydrogens is 364 g/mol. The lowest BCUT2D eigenvalue weighted by atomic mass is 9.96. The fourth-order valence-corrected chi connectivity index (χ4v) is 4.65. The van der Waals surface area contributed by atoms with Gasteiger partial charge in [-0.2, -0.15) is 0 Å². The van der Waals surface area contributed by atoms with Gasteiger partial charge in [0.05, 0.1) is 12.5 Å². The van der Waals surface area contributed by atoms with Crippen LogP contribution in [0.3, 0.4) is 0 Å². The number of amides is 1. The van der Waals surface area contributed by atoms with E-state index in [1.807, 2.05) is 12.1 Å². The first-order chi connectivity index (χ1) is 14.3. The van der Waals surface area contributed by atoms with Crippen LogP contribution in [0.15, 0.2) is 46.9 Å². The molecule has 1 atom stereocenters. The molecule has 5 nitrogen and oxygen atoms in total. The van der Waals surface area contributed by atoms with Gasteiger partial charge in [0, 0.05) is 36.0 Å². The van der Waals surface area contributed by atoms with Crippen molar-refractivity contribution in [3.8, 4) is 0 Å². The second kappa shape index (κ2) is 8.17. The molecular formula is C24H28N2O3. The van der Waals surface area contributed by atoms with Gasteiger partial charge in [-0.25, -0.2) is 0 Å². The van der Waals surface area contributed by atoms with E-state index in [1.54, 1.807) is 0 Å². The van der Waals surface area contributed by atoms with Crippen molar-refractivity contribution in [3.63, 3.8) is 0 Å². The van der Waals surface area contributed by atoms with Crippen LogP contribution >= 0.6 is 0 Å². The van der Waals surface area contributed by atoms with Gasteiger partial charge in [0.15, 0.2) is 0 Å². The average molecular weight is 392 g/mol. The monoisotopic (exact) mass is 392 g/mol. The maximum absolute atomic E-state index is 12.2. The number of fused-ring (bicyclic) bond motifs is 3. The predicted octanol–water partition coefficient (Wildman–Crippen LogP) is 3.95. The van der Waals surface area contributed by atoms with Gasteiger partial charge in [-0.1, -0.05) is 36.4 Å². The molecule has 0 aliphatic carbocycles. The number of benzene rings is 2. The summed E-state index contributed by atoms with van der Waals surface area (Å²) in [6.07, 6.45) is 3.10. The molecule has 0 saturated carbocycles. The number of para-hydroxylation sites is 2. The number of rotatable bonds is 5. The van der Waals surface area contributed by atoms with Gasteiger partial charge >= 0.3 is 0 Å². The number of likely N-dealkylation sites (tertiary alicyclic amines) is 1. The van der Waals surface area contributed by atoms with Crippen LogP contribution in [0.2, 0.25) is 0 Å². The van der Waals surface area contributed by atoms with E-state index in [0.717, 1.165) is 56.6 Å². The number of piperidine rings is 1. The first-order valence-electron chi connectivity index (χ1n) is 10.7. The molecule has 1 N–H and O–H groups in total. The number of carbonyl (C=O) groups excluding carboxylic acids is 1. The third-order valence-corrected chi connectivity index (χ3v) is 6.45. The highest BCUT2D eigenvalue weighted by Gasteiger charge is 2.25. The number of hydrogen-bond acceptors (Lipinski definition) is 4. The van der Waals surface area contributed by atoms with Gasteiger partial charge in [0.1, 0.15) is 11.2 Å². The first-order valence-corrected chi connectivity index (χ1v) is 10.7. The van der Waals surface area contributed by atoms with Crippen LogP contribution in [0.25, 0.3) is 21.9 Å². The number of carbonyl (C=O) groups is 1. The minimum Gasteiger partial charge on any atom is -0.456 e. The molecule has 2 saturated heterocycles. The SMILES string of the molecule is O=C(NCC1CCN(Cc2cccc3c2oc2ccccc23)CC1)C1CCOC1. The molecule has 0 bridgehead atoms. The van der Waals surface area contributed by atoms with Gasteiger partial charge in [-0.15, -0.1) is 0 Å². The molecule has 0 radical (unpaired) electrons. The lowest BCUT2D eigenvalue weighted by Gasteiger charge is -2.32. The third-order valence-electron chi connectivity index (χ3n) is 6.45. The number of furan rings is 1. The minimum absolute atomic E-state index is 0.0550. The molecule has 3 heterocycles. The largest absolute Gasteiger partial charge is 0.456 e. The van der Waals surface area contributed by atoms with Gasteiger partial charge in [-0.05, 0) is 44.3 Å². The van der Waals surface area contributed by atoms with E-state index in [9.17, 15) is 4.79 Å². The summed E-state index contributed by atoms with van der Waals surface area (Å²) >= 11 is 0. The van der Waals surface area contributed by atoms with Crippen molar-refractivity contribution in [2.24, 2.45) is 11.8 Å². The Morgan fingerprint density at radius 1 is 1.03 bits per heavy atom. The van der Waals surface area contributed by atoms with Crippen molar-refractivity contribution in [1.29, 1.82) is 0 Å². The second-order valence-electron chi connectivity index (χ2n) is 8.42. The van der Waals surface area contributed by atoms with E-state index < -0.39 is 0 Å². The fraction of sp³-hybridized carbons (Fsp3) is 0.458. The molecule has 2 aromatic carbocycles. The van der Waals surface area contributed by atoms with E-state index >= 15 is 0 Å². The van der Waals surface area contributed by atoms with Crippen LogP contribution in [-0.4, -0.2) is 43.7 Å². The third kappa shape index (κ3) is 3.89. The number of nitrogens with one attached hydrogen (secondary N) is 1. The standard InChI is InChI=1S/C24H28N2O3/c27-24(19-10-13-28-16-19)25-14-17-8-11-26(12-9-17)15-18-4-3-6-21-20-5-1-2-7-22(20)29-23(18)21/h1-7,17,19H,8-16H2,(H,25,27). The molecule has 1 aromatic heterocycles. The van der Waals surface area contributed by atoms with Crippen LogP contribution in [0, 0.1) is 11.8 Å². The quantitative estimate of drug-likeness (QED) is 0.714. The van der Waals surface area contributed by atoms with Crippen LogP contribution < -0.4 is 5.32 Å². The molecule has 0 spiro atoms. The van der Waals surface area contributed by atoms with Crippen molar-refractivity contribution < 1.29 is 13.9 Å². The van der Waals surface area contributed by atoms with Crippen molar-refractivity contribution >= 4 is 27.8 Å². The van der Waals surface area contributed by atoms with Crippen molar-refractivity contribution in [2.45, 2.75) is 25.8 Å². The highest BCUT2D eigenvalue weighted by molar-refractivity contribution is 6.05. The van der Waals surface area contributed by atoms with E-state index in [0.29, 0.717) is 19.1 Å². The lowest BCUT2D eigenvalue weighted by Crippen LogP contribution is -2.40. The summed E-state index contributed by atoms with van der Waals surface area (Å²) in [7, 11) is 0. The van der Waals surface area contributed by atoms with Crippen LogP contribution in [0.5, 0.6) is 0 Å². The maximum atomic E-state index is 12.2. The Hall–Kier alpha value is -2.37. The van der Waals surface area contributed by atoms with Crippen LogP contribution in [0.1, 0.15) is 24.8 Å². The highest BCUT2D eigenvalue weighted by Crippen LogP contribution is 2.31. The van der Waals surface area contributed by atoms with Gasteiger partial charge in [0.2, 0.25) is 5.91 Å². The Kier molecular flexibility index (Phi) is 5.25. The maximum Gasteiger partial charge on any atom is 0.225 e. The number of nitrogens with zero attached hydrogens (tertiary/aromatic N) is 1. The van der Waals surface area contributed by atoms with Crippen molar-refractivity contribution in [2.75, 3.05) is 32.8 Å². The second-order valence-corrected chi connectivity index (χ2v) is 8.42. The fourth-order valence-electron chi connectivity index (χ4n) is 4.65. The average Bonchev–Trinajstić information content (AvgIpc) is 3.42. The van der Waals surface area contributed by atoms with E-state index in [-0.39, 0.29) is 11.8 Å². The molecule has 3 aromatic rings. The summed E-state index contributed by atoms with van der Waals surface area (Å²) in [5.41, 5.74) is 3.23. The van der Waals surface area contributed by atoms with E-state index in [2.05, 4.69) is 40.5 Å². The van der Waals surface area contributed by atoms with Gasteiger partial charge < -0.3 is 14.5 Å². The Bertz CT molecular complexity index is 998. The summed E-state index contributed by atoms with van der Waals surface area (Å²) in [6.45, 7) is 5.12. The minimum atomic E-state index is 0.0550. The molecule has 1 unspecified atom stereocenters. The summed E-state index contributed by atoms with van der Waals surface area (Å²) in [4.78, 5) is 14.7. The summed E-state index contributed by atoms with van der Waals surface area (Å²) in [5.74, 6) is 0.792. The Balaban J connectivity index is 1.18. The lowest BCUT2D eigenvalue weighted by molar-refractivity contribution is -0.125. The first kappa shape index (κ1) is 18.6. The van der Waals surface area contributed by atoms with Gasteiger partial charge in [0.25, 0.3) is 0 Å². The number of ether oxygens (including phenoxy) is 1. The summed E-state index contributed by atoms with van der Waals surface area (Å²) in [5, 5.41) is 5.53. The highest BCUT2D eigenvalue weighted by atomic mass is 16.5. The van der Waals surface area contributed by atoms with E-state index in [4.69, 9.17) is 9.15 Å². The molecule has 5 rings (SSSR count). The molecule has 5 heteroatoms. The number of hydrogen-bond donors (Lipinski definition) is 1.